The van der Waals surface area contributed by atoms with Crippen molar-refractivity contribution in [3.63, 3.8) is 0 Å². The summed E-state index contributed by atoms with van der Waals surface area (Å²) in [5, 5.41) is 12.2. The molecule has 1 N–H and O–H groups in total. The van der Waals surface area contributed by atoms with Gasteiger partial charge >= 0.3 is 5.97 Å². The summed E-state index contributed by atoms with van der Waals surface area (Å²) in [7, 11) is 0. The molecule has 0 radical (unpaired) electrons. The Labute approximate surface area is 198 Å². The van der Waals surface area contributed by atoms with Gasteiger partial charge in [0.05, 0.1) is 6.10 Å². The minimum Gasteiger partial charge on any atom is -0.490 e. The predicted octanol–water partition coefficient (Wildman–Crippen LogP) is 6.51. The first-order valence-corrected chi connectivity index (χ1v) is 12.9. The van der Waals surface area contributed by atoms with Crippen LogP contribution >= 0.6 is 0 Å². The van der Waals surface area contributed by atoms with Gasteiger partial charge in [0.1, 0.15) is 11.8 Å². The lowest BCUT2D eigenvalue weighted by molar-refractivity contribution is -0.143. The molecule has 0 amide bonds. The van der Waals surface area contributed by atoms with E-state index in [1.807, 2.05) is 0 Å². The highest BCUT2D eigenvalue weighted by molar-refractivity contribution is 5.84. The van der Waals surface area contributed by atoms with Crippen LogP contribution < -0.4 is 4.74 Å². The zero-order valence-corrected chi connectivity index (χ0v) is 20.4. The number of hydrogen-bond acceptors (Lipinski definition) is 3. The van der Waals surface area contributed by atoms with Crippen LogP contribution in [0.25, 0.3) is 10.8 Å². The van der Waals surface area contributed by atoms with E-state index in [9.17, 15) is 9.90 Å². The van der Waals surface area contributed by atoms with E-state index in [2.05, 4.69) is 62.1 Å². The molecular formula is C29H39NO3. The van der Waals surface area contributed by atoms with Gasteiger partial charge in [0, 0.05) is 13.1 Å². The molecule has 0 bridgehead atoms. The summed E-state index contributed by atoms with van der Waals surface area (Å²) in [6.07, 6.45) is 8.54. The number of carboxylic acids is 1. The maximum atomic E-state index is 12.0. The summed E-state index contributed by atoms with van der Waals surface area (Å²) >= 11 is 0. The van der Waals surface area contributed by atoms with E-state index >= 15 is 0 Å². The van der Waals surface area contributed by atoms with Crippen LogP contribution in [0.1, 0.15) is 71.3 Å². The van der Waals surface area contributed by atoms with Crippen molar-refractivity contribution < 1.29 is 14.6 Å². The Morgan fingerprint density at radius 2 is 1.73 bits per heavy atom. The van der Waals surface area contributed by atoms with E-state index in [1.165, 1.54) is 42.0 Å². The van der Waals surface area contributed by atoms with Crippen LogP contribution in [-0.2, 0) is 11.3 Å². The second-order valence-electron chi connectivity index (χ2n) is 11.9. The van der Waals surface area contributed by atoms with Gasteiger partial charge in [-0.15, -0.1) is 0 Å². The maximum absolute atomic E-state index is 12.0. The maximum Gasteiger partial charge on any atom is 0.321 e. The van der Waals surface area contributed by atoms with Crippen molar-refractivity contribution >= 4 is 16.7 Å². The predicted molar refractivity (Wildman–Crippen MR) is 132 cm³/mol. The van der Waals surface area contributed by atoms with Crippen LogP contribution in [0, 0.1) is 23.2 Å². The van der Waals surface area contributed by atoms with Gasteiger partial charge in [0.15, 0.2) is 0 Å². The van der Waals surface area contributed by atoms with Crippen LogP contribution in [0.2, 0.25) is 0 Å². The van der Waals surface area contributed by atoms with Crippen molar-refractivity contribution in [2.75, 3.05) is 6.54 Å². The Morgan fingerprint density at radius 1 is 1.00 bits per heavy atom. The van der Waals surface area contributed by atoms with Gasteiger partial charge < -0.3 is 9.84 Å². The van der Waals surface area contributed by atoms with Gasteiger partial charge in [0.2, 0.25) is 0 Å². The van der Waals surface area contributed by atoms with Crippen LogP contribution in [0.4, 0.5) is 0 Å². The van der Waals surface area contributed by atoms with Gasteiger partial charge in [-0.3, -0.25) is 9.69 Å². The molecule has 2 aromatic carbocycles. The number of carbonyl (C=O) groups is 1. The topological polar surface area (TPSA) is 49.8 Å². The monoisotopic (exact) mass is 449 g/mol. The lowest BCUT2D eigenvalue weighted by Crippen LogP contribution is -2.39. The second-order valence-corrected chi connectivity index (χ2v) is 11.9. The molecule has 2 unspecified atom stereocenters. The van der Waals surface area contributed by atoms with Crippen molar-refractivity contribution in [3.8, 4) is 5.75 Å². The number of benzene rings is 2. The first kappa shape index (κ1) is 22.7. The third kappa shape index (κ3) is 4.77. The summed E-state index contributed by atoms with van der Waals surface area (Å²) in [5.74, 6) is 2.01. The normalized spacial score (nSPS) is 30.5. The van der Waals surface area contributed by atoms with Crippen molar-refractivity contribution in [2.24, 2.45) is 23.2 Å². The third-order valence-corrected chi connectivity index (χ3v) is 8.70. The number of nitrogens with zero attached hydrogens (tertiary/aromatic N) is 1. The van der Waals surface area contributed by atoms with Crippen LogP contribution in [-0.4, -0.2) is 34.7 Å². The average Bonchev–Trinajstić information content (AvgIpc) is 3.34. The molecule has 3 atom stereocenters. The Kier molecular flexibility index (Phi) is 6.15. The SMILES string of the molecule is CC(C)(C)C1CCC(Oc2ccc3cc(CN4CC5CCCC5[C@H]4C(=O)O)ccc3c2)CC1. The van der Waals surface area contributed by atoms with E-state index in [0.717, 1.165) is 44.0 Å². The molecule has 0 spiro atoms. The summed E-state index contributed by atoms with van der Waals surface area (Å²) in [5.41, 5.74) is 1.59. The quantitative estimate of drug-likeness (QED) is 0.565. The summed E-state index contributed by atoms with van der Waals surface area (Å²) in [6, 6.07) is 12.6. The van der Waals surface area contributed by atoms with Gasteiger partial charge in [0.25, 0.3) is 0 Å². The lowest BCUT2D eigenvalue weighted by atomic mass is 9.72. The molecule has 3 fully saturated rings. The number of aliphatic carboxylic acids is 1. The molecular weight excluding hydrogens is 410 g/mol. The van der Waals surface area contributed by atoms with Gasteiger partial charge in [-0.25, -0.2) is 0 Å². The first-order chi connectivity index (χ1) is 15.8. The van der Waals surface area contributed by atoms with E-state index in [0.29, 0.717) is 23.4 Å². The molecule has 2 aliphatic carbocycles. The molecule has 1 saturated heterocycles. The lowest BCUT2D eigenvalue weighted by Gasteiger charge is -2.37. The van der Waals surface area contributed by atoms with Gasteiger partial charge in [-0.1, -0.05) is 45.4 Å². The minimum absolute atomic E-state index is 0.322. The largest absolute Gasteiger partial charge is 0.490 e. The number of fused-ring (bicyclic) bond motifs is 2. The fourth-order valence-corrected chi connectivity index (χ4v) is 6.81. The molecule has 4 nitrogen and oxygen atoms in total. The smallest absolute Gasteiger partial charge is 0.321 e. The summed E-state index contributed by atoms with van der Waals surface area (Å²) in [4.78, 5) is 14.2. The molecule has 4 heteroatoms. The highest BCUT2D eigenvalue weighted by Gasteiger charge is 2.47. The van der Waals surface area contributed by atoms with E-state index < -0.39 is 5.97 Å². The van der Waals surface area contributed by atoms with Crippen molar-refractivity contribution in [1.82, 2.24) is 4.90 Å². The van der Waals surface area contributed by atoms with Crippen LogP contribution in [0.5, 0.6) is 5.75 Å². The number of carboxylic acid groups (broad SMARTS) is 1. The van der Waals surface area contributed by atoms with Crippen molar-refractivity contribution in [2.45, 2.75) is 84.4 Å². The Morgan fingerprint density at radius 3 is 2.45 bits per heavy atom. The zero-order valence-electron chi connectivity index (χ0n) is 20.4. The van der Waals surface area contributed by atoms with Crippen LogP contribution in [0.3, 0.4) is 0 Å². The number of likely N-dealkylation sites (tertiary alicyclic amines) is 1. The molecule has 1 heterocycles. The Bertz CT molecular complexity index is 1000. The molecule has 2 aromatic rings. The van der Waals surface area contributed by atoms with Crippen molar-refractivity contribution in [3.05, 3.63) is 42.0 Å². The highest BCUT2D eigenvalue weighted by Crippen LogP contribution is 2.43. The second kappa shape index (κ2) is 8.94. The zero-order chi connectivity index (χ0) is 23.2. The number of rotatable bonds is 5. The molecule has 1 aliphatic heterocycles. The fourth-order valence-electron chi connectivity index (χ4n) is 6.81. The van der Waals surface area contributed by atoms with E-state index in [1.54, 1.807) is 0 Å². The molecule has 2 saturated carbocycles. The number of hydrogen-bond donors (Lipinski definition) is 1. The van der Waals surface area contributed by atoms with Crippen LogP contribution in [0.15, 0.2) is 36.4 Å². The fraction of sp³-hybridized carbons (Fsp3) is 0.621. The summed E-state index contributed by atoms with van der Waals surface area (Å²) in [6.45, 7) is 8.70. The Balaban J connectivity index is 1.24. The summed E-state index contributed by atoms with van der Waals surface area (Å²) < 4.78 is 6.37. The number of ether oxygens (including phenoxy) is 1. The Hall–Kier alpha value is -2.07. The minimum atomic E-state index is -0.650. The molecule has 178 valence electrons. The van der Waals surface area contributed by atoms with E-state index in [4.69, 9.17) is 4.74 Å². The molecule has 5 rings (SSSR count). The molecule has 33 heavy (non-hydrogen) atoms. The van der Waals surface area contributed by atoms with Gasteiger partial charge in [-0.05, 0) is 96.2 Å². The van der Waals surface area contributed by atoms with Crippen molar-refractivity contribution in [1.29, 1.82) is 0 Å². The molecule has 0 aromatic heterocycles. The van der Waals surface area contributed by atoms with E-state index in [-0.39, 0.29) is 6.04 Å². The average molecular weight is 450 g/mol. The van der Waals surface area contributed by atoms with Gasteiger partial charge in [-0.2, -0.15) is 0 Å². The molecule has 3 aliphatic rings. The third-order valence-electron chi connectivity index (χ3n) is 8.70. The standard InChI is InChI=1S/C29H39NO3/c1-29(2,3)23-10-13-24(14-11-23)33-25-12-9-20-15-19(7-8-21(20)16-25)17-30-18-22-5-4-6-26(22)27(30)28(31)32/h7-9,12,15-16,22-24,26-27H,4-6,10-11,13-14,17-18H2,1-3H3,(H,31,32)/t22?,23?,24?,26?,27-/m0/s1. The highest BCUT2D eigenvalue weighted by atomic mass is 16.5. The first-order valence-electron chi connectivity index (χ1n) is 12.9.